The average molecular weight is 376 g/mol. The number of carbonyl (C=O) groups is 2. The van der Waals surface area contributed by atoms with Gasteiger partial charge < -0.3 is 9.84 Å². The Kier molecular flexibility index (Phi) is 5.01. The van der Waals surface area contributed by atoms with Crippen LogP contribution in [-0.4, -0.2) is 28.3 Å². The molecule has 0 aromatic heterocycles. The fourth-order valence-electron chi connectivity index (χ4n) is 2.39. The van der Waals surface area contributed by atoms with E-state index in [0.717, 1.165) is 17.3 Å². The highest BCUT2D eigenvalue weighted by atomic mass is 35.5. The number of aromatic hydroxyl groups is 1. The van der Waals surface area contributed by atoms with Crippen LogP contribution in [0.4, 0.5) is 4.79 Å². The van der Waals surface area contributed by atoms with Crippen LogP contribution < -0.4 is 4.74 Å². The summed E-state index contributed by atoms with van der Waals surface area (Å²) in [4.78, 5) is 26.2. The number of hydrogen-bond acceptors (Lipinski definition) is 5. The van der Waals surface area contributed by atoms with Crippen molar-refractivity contribution in [2.45, 2.75) is 6.54 Å². The highest BCUT2D eigenvalue weighted by Crippen LogP contribution is 2.38. The first-order valence-corrected chi connectivity index (χ1v) is 8.55. The van der Waals surface area contributed by atoms with Crippen LogP contribution in [-0.2, 0) is 11.3 Å². The highest BCUT2D eigenvalue weighted by molar-refractivity contribution is 8.18. The van der Waals surface area contributed by atoms with Crippen LogP contribution in [0.25, 0.3) is 6.08 Å². The van der Waals surface area contributed by atoms with Gasteiger partial charge in [0.05, 0.1) is 23.6 Å². The predicted octanol–water partition coefficient (Wildman–Crippen LogP) is 4.29. The number of rotatable bonds is 4. The Morgan fingerprint density at radius 3 is 2.64 bits per heavy atom. The highest BCUT2D eigenvalue weighted by Gasteiger charge is 2.35. The summed E-state index contributed by atoms with van der Waals surface area (Å²) in [6.07, 6.45) is 1.56. The number of methoxy groups -OCH3 is 1. The van der Waals surface area contributed by atoms with Crippen molar-refractivity contribution in [3.63, 3.8) is 0 Å². The lowest BCUT2D eigenvalue weighted by Crippen LogP contribution is -2.27. The number of halogens is 1. The zero-order valence-electron chi connectivity index (χ0n) is 13.2. The SMILES string of the molecule is COc1cc(/C=C2\SC(=O)N(Cc3ccccc3)C2=O)cc(Cl)c1O. The molecule has 3 rings (SSSR count). The second-order valence-electron chi connectivity index (χ2n) is 5.31. The predicted molar refractivity (Wildman–Crippen MR) is 97.6 cm³/mol. The van der Waals surface area contributed by atoms with Crippen molar-refractivity contribution in [1.82, 2.24) is 4.90 Å². The number of nitrogens with zero attached hydrogens (tertiary/aromatic N) is 1. The number of phenolic OH excluding ortho intramolecular Hbond substituents is 1. The van der Waals surface area contributed by atoms with Crippen LogP contribution in [0.1, 0.15) is 11.1 Å². The van der Waals surface area contributed by atoms with Crippen LogP contribution in [0.15, 0.2) is 47.4 Å². The molecule has 0 aliphatic carbocycles. The largest absolute Gasteiger partial charge is 0.503 e. The van der Waals surface area contributed by atoms with Gasteiger partial charge in [-0.25, -0.2) is 0 Å². The molecule has 25 heavy (non-hydrogen) atoms. The molecule has 0 atom stereocenters. The Balaban J connectivity index is 1.87. The molecule has 0 radical (unpaired) electrons. The number of carbonyl (C=O) groups excluding carboxylic acids is 2. The maximum atomic E-state index is 12.5. The van der Waals surface area contributed by atoms with E-state index >= 15 is 0 Å². The van der Waals surface area contributed by atoms with Crippen LogP contribution in [0.2, 0.25) is 5.02 Å². The molecule has 7 heteroatoms. The first-order chi connectivity index (χ1) is 12.0. The standard InChI is InChI=1S/C18H14ClNO4S/c1-24-14-8-12(7-13(19)16(14)21)9-15-17(22)20(18(23)25-15)10-11-5-3-2-4-6-11/h2-9,21H,10H2,1H3/b15-9-. The van der Waals surface area contributed by atoms with Gasteiger partial charge in [-0.2, -0.15) is 0 Å². The van der Waals surface area contributed by atoms with Gasteiger partial charge in [-0.15, -0.1) is 0 Å². The van der Waals surface area contributed by atoms with Crippen molar-refractivity contribution in [2.75, 3.05) is 7.11 Å². The third-order valence-electron chi connectivity index (χ3n) is 3.63. The molecule has 1 N–H and O–H groups in total. The zero-order chi connectivity index (χ0) is 18.0. The quantitative estimate of drug-likeness (QED) is 0.807. The van der Waals surface area contributed by atoms with Gasteiger partial charge in [-0.3, -0.25) is 14.5 Å². The Morgan fingerprint density at radius 1 is 1.24 bits per heavy atom. The van der Waals surface area contributed by atoms with E-state index in [9.17, 15) is 14.7 Å². The summed E-state index contributed by atoms with van der Waals surface area (Å²) in [5, 5.41) is 9.55. The summed E-state index contributed by atoms with van der Waals surface area (Å²) in [6.45, 7) is 0.225. The van der Waals surface area contributed by atoms with E-state index in [1.165, 1.54) is 18.1 Å². The van der Waals surface area contributed by atoms with Gasteiger partial charge in [0, 0.05) is 0 Å². The van der Waals surface area contributed by atoms with Crippen LogP contribution in [0, 0.1) is 0 Å². The minimum absolute atomic E-state index is 0.106. The van der Waals surface area contributed by atoms with Gasteiger partial charge >= 0.3 is 0 Å². The molecule has 0 bridgehead atoms. The zero-order valence-corrected chi connectivity index (χ0v) is 14.8. The van der Waals surface area contributed by atoms with Gasteiger partial charge in [-0.1, -0.05) is 41.9 Å². The minimum Gasteiger partial charge on any atom is -0.503 e. The molecule has 1 saturated heterocycles. The summed E-state index contributed by atoms with van der Waals surface area (Å²) >= 11 is 6.83. The second-order valence-corrected chi connectivity index (χ2v) is 6.71. The van der Waals surface area contributed by atoms with Crippen molar-refractivity contribution in [1.29, 1.82) is 0 Å². The number of amides is 2. The maximum absolute atomic E-state index is 12.5. The van der Waals surface area contributed by atoms with Crippen molar-refractivity contribution in [3.8, 4) is 11.5 Å². The smallest absolute Gasteiger partial charge is 0.293 e. The summed E-state index contributed by atoms with van der Waals surface area (Å²) in [5.41, 5.74) is 1.44. The summed E-state index contributed by atoms with van der Waals surface area (Å²) in [5.74, 6) is -0.331. The van der Waals surface area contributed by atoms with Gasteiger partial charge in [0.1, 0.15) is 0 Å². The van der Waals surface area contributed by atoms with Crippen LogP contribution in [0.5, 0.6) is 11.5 Å². The molecular formula is C18H14ClNO4S. The van der Waals surface area contributed by atoms with E-state index in [-0.39, 0.29) is 34.2 Å². The van der Waals surface area contributed by atoms with Crippen LogP contribution >= 0.6 is 23.4 Å². The summed E-state index contributed by atoms with van der Waals surface area (Å²) < 4.78 is 5.05. The maximum Gasteiger partial charge on any atom is 0.293 e. The van der Waals surface area contributed by atoms with Crippen LogP contribution in [0.3, 0.4) is 0 Å². The number of hydrogen-bond donors (Lipinski definition) is 1. The van der Waals surface area contributed by atoms with Gasteiger partial charge in [0.2, 0.25) is 0 Å². The molecule has 1 aliphatic heterocycles. The molecule has 1 heterocycles. The lowest BCUT2D eigenvalue weighted by atomic mass is 10.1. The Hall–Kier alpha value is -2.44. The molecule has 2 amide bonds. The van der Waals surface area contributed by atoms with Crippen molar-refractivity contribution in [2.24, 2.45) is 0 Å². The van der Waals surface area contributed by atoms with Gasteiger partial charge in [0.15, 0.2) is 11.5 Å². The average Bonchev–Trinajstić information content (AvgIpc) is 2.86. The van der Waals surface area contributed by atoms with E-state index in [1.54, 1.807) is 12.1 Å². The molecule has 2 aromatic rings. The van der Waals surface area contributed by atoms with E-state index in [1.807, 2.05) is 30.3 Å². The third kappa shape index (κ3) is 3.65. The Bertz CT molecular complexity index is 867. The minimum atomic E-state index is -0.359. The Labute approximate surface area is 153 Å². The molecule has 0 unspecified atom stereocenters. The molecule has 128 valence electrons. The van der Waals surface area contributed by atoms with Crippen molar-refractivity contribution >= 4 is 40.6 Å². The van der Waals surface area contributed by atoms with E-state index in [4.69, 9.17) is 16.3 Å². The van der Waals surface area contributed by atoms with E-state index in [2.05, 4.69) is 0 Å². The first kappa shape index (κ1) is 17.4. The van der Waals surface area contributed by atoms with E-state index in [0.29, 0.717) is 10.5 Å². The fraction of sp³-hybridized carbons (Fsp3) is 0.111. The summed E-state index contributed by atoms with van der Waals surface area (Å²) in [6, 6.07) is 12.4. The number of imide groups is 1. The first-order valence-electron chi connectivity index (χ1n) is 7.35. The van der Waals surface area contributed by atoms with E-state index < -0.39 is 0 Å². The number of ether oxygens (including phenoxy) is 1. The monoisotopic (exact) mass is 375 g/mol. The van der Waals surface area contributed by atoms with Crippen molar-refractivity contribution < 1.29 is 19.4 Å². The van der Waals surface area contributed by atoms with Gasteiger partial charge in [0.25, 0.3) is 11.1 Å². The Morgan fingerprint density at radius 2 is 1.96 bits per heavy atom. The number of phenols is 1. The lowest BCUT2D eigenvalue weighted by Gasteiger charge is -2.12. The van der Waals surface area contributed by atoms with Crippen molar-refractivity contribution in [3.05, 3.63) is 63.5 Å². The molecular weight excluding hydrogens is 362 g/mol. The topological polar surface area (TPSA) is 66.8 Å². The van der Waals surface area contributed by atoms with Gasteiger partial charge in [-0.05, 0) is 41.1 Å². The fourth-order valence-corrected chi connectivity index (χ4v) is 3.44. The number of thioether (sulfide) groups is 1. The summed E-state index contributed by atoms with van der Waals surface area (Å²) in [7, 11) is 1.41. The number of benzene rings is 2. The third-order valence-corrected chi connectivity index (χ3v) is 4.82. The molecule has 1 aliphatic rings. The normalized spacial score (nSPS) is 15.9. The molecule has 2 aromatic carbocycles. The second kappa shape index (κ2) is 7.21. The molecule has 5 nitrogen and oxygen atoms in total. The molecule has 0 saturated carbocycles. The molecule has 1 fully saturated rings. The lowest BCUT2D eigenvalue weighted by molar-refractivity contribution is -0.123. The molecule has 0 spiro atoms.